The zero-order chi connectivity index (χ0) is 12.3. The average molecular weight is 240 g/mol. The summed E-state index contributed by atoms with van der Waals surface area (Å²) in [5, 5.41) is 15.8. The highest BCUT2D eigenvalue weighted by molar-refractivity contribution is 5.78. The van der Waals surface area contributed by atoms with Crippen LogP contribution in [0.15, 0.2) is 0 Å². The van der Waals surface area contributed by atoms with Crippen LogP contribution in [0.3, 0.4) is 0 Å². The molecule has 0 radical (unpaired) electrons. The molecular weight excluding hydrogens is 216 g/mol. The molecule has 0 aromatic heterocycles. The van der Waals surface area contributed by atoms with Crippen molar-refractivity contribution in [3.63, 3.8) is 0 Å². The maximum atomic E-state index is 11.9. The van der Waals surface area contributed by atoms with Gasteiger partial charge in [-0.3, -0.25) is 4.79 Å². The average Bonchev–Trinajstić information content (AvgIpc) is 2.23. The molecule has 1 aliphatic heterocycles. The number of nitrogens with one attached hydrogen (secondary N) is 2. The second kappa shape index (κ2) is 5.83. The van der Waals surface area contributed by atoms with Crippen molar-refractivity contribution >= 4 is 5.91 Å². The molecule has 98 valence electrons. The zero-order valence-electron chi connectivity index (χ0n) is 10.6. The second-order valence-electron chi connectivity index (χ2n) is 5.64. The van der Waals surface area contributed by atoms with Gasteiger partial charge in [-0.15, -0.1) is 0 Å². The molecule has 0 bridgehead atoms. The van der Waals surface area contributed by atoms with Crippen LogP contribution in [0.2, 0.25) is 0 Å². The van der Waals surface area contributed by atoms with E-state index in [0.717, 1.165) is 45.3 Å². The summed E-state index contributed by atoms with van der Waals surface area (Å²) < 4.78 is 0. The summed E-state index contributed by atoms with van der Waals surface area (Å²) in [4.78, 5) is 11.9. The van der Waals surface area contributed by atoms with Gasteiger partial charge in [0.25, 0.3) is 0 Å². The Labute approximate surface area is 103 Å². The van der Waals surface area contributed by atoms with Crippen molar-refractivity contribution in [1.29, 1.82) is 0 Å². The van der Waals surface area contributed by atoms with Gasteiger partial charge in [0.15, 0.2) is 0 Å². The molecule has 1 amide bonds. The van der Waals surface area contributed by atoms with E-state index in [0.29, 0.717) is 11.8 Å². The highest BCUT2D eigenvalue weighted by Gasteiger charge is 2.29. The van der Waals surface area contributed by atoms with Gasteiger partial charge in [0.05, 0.1) is 6.10 Å². The molecule has 1 aliphatic carbocycles. The monoisotopic (exact) mass is 240 g/mol. The van der Waals surface area contributed by atoms with Crippen LogP contribution in [-0.2, 0) is 4.79 Å². The maximum Gasteiger partial charge on any atom is 0.223 e. The van der Waals surface area contributed by atoms with E-state index in [1.54, 1.807) is 0 Å². The van der Waals surface area contributed by atoms with Gasteiger partial charge in [-0.2, -0.15) is 0 Å². The van der Waals surface area contributed by atoms with Crippen molar-refractivity contribution in [2.45, 2.75) is 38.7 Å². The quantitative estimate of drug-likeness (QED) is 0.671. The first-order chi connectivity index (χ1) is 8.16. The molecule has 1 heterocycles. The zero-order valence-corrected chi connectivity index (χ0v) is 10.6. The normalized spacial score (nSPS) is 31.6. The molecule has 4 heteroatoms. The Morgan fingerprint density at radius 1 is 1.47 bits per heavy atom. The first-order valence-corrected chi connectivity index (χ1v) is 6.83. The Morgan fingerprint density at radius 2 is 2.24 bits per heavy atom. The first kappa shape index (κ1) is 12.8. The van der Waals surface area contributed by atoms with Crippen LogP contribution in [0.1, 0.15) is 32.6 Å². The van der Waals surface area contributed by atoms with Crippen molar-refractivity contribution in [1.82, 2.24) is 10.6 Å². The Bertz CT molecular complexity index is 266. The van der Waals surface area contributed by atoms with Crippen molar-refractivity contribution in [2.75, 3.05) is 19.6 Å². The van der Waals surface area contributed by atoms with Gasteiger partial charge in [0, 0.05) is 12.5 Å². The molecule has 0 aromatic carbocycles. The van der Waals surface area contributed by atoms with E-state index in [1.165, 1.54) is 0 Å². The Balaban J connectivity index is 1.68. The fourth-order valence-corrected chi connectivity index (χ4v) is 2.73. The highest BCUT2D eigenvalue weighted by atomic mass is 16.3. The lowest BCUT2D eigenvalue weighted by atomic mass is 9.86. The molecule has 3 unspecified atom stereocenters. The van der Waals surface area contributed by atoms with E-state index in [9.17, 15) is 9.90 Å². The molecular formula is C13H24N2O2. The number of carbonyl (C=O) groups is 1. The van der Waals surface area contributed by atoms with Crippen LogP contribution in [0, 0.1) is 17.8 Å². The van der Waals surface area contributed by atoms with Crippen LogP contribution in [-0.4, -0.2) is 36.8 Å². The molecule has 3 N–H and O–H groups in total. The lowest BCUT2D eigenvalue weighted by Gasteiger charge is -2.32. The highest BCUT2D eigenvalue weighted by Crippen LogP contribution is 2.23. The van der Waals surface area contributed by atoms with Gasteiger partial charge in [0.2, 0.25) is 5.91 Å². The van der Waals surface area contributed by atoms with Crippen LogP contribution in [0.5, 0.6) is 0 Å². The summed E-state index contributed by atoms with van der Waals surface area (Å²) in [6, 6.07) is 0. The molecule has 0 spiro atoms. The summed E-state index contributed by atoms with van der Waals surface area (Å²) in [6.45, 7) is 4.68. The van der Waals surface area contributed by atoms with Gasteiger partial charge < -0.3 is 15.7 Å². The number of hydrogen-bond acceptors (Lipinski definition) is 3. The Morgan fingerprint density at radius 3 is 2.82 bits per heavy atom. The molecule has 2 fully saturated rings. The number of aliphatic hydroxyl groups is 1. The third-order valence-electron chi connectivity index (χ3n) is 4.25. The topological polar surface area (TPSA) is 61.4 Å². The van der Waals surface area contributed by atoms with Crippen LogP contribution >= 0.6 is 0 Å². The van der Waals surface area contributed by atoms with Crippen molar-refractivity contribution in [3.8, 4) is 0 Å². The van der Waals surface area contributed by atoms with Gasteiger partial charge in [-0.1, -0.05) is 13.3 Å². The third kappa shape index (κ3) is 3.42. The maximum absolute atomic E-state index is 11.9. The predicted octanol–water partition coefficient (Wildman–Crippen LogP) is 0.509. The fraction of sp³-hybridized carbons (Fsp3) is 0.923. The SMILES string of the molecule is CC(C(=O)NCC1CCCC(O)C1)C1CNC1. The minimum Gasteiger partial charge on any atom is -0.393 e. The summed E-state index contributed by atoms with van der Waals surface area (Å²) in [7, 11) is 0. The van der Waals surface area contributed by atoms with Crippen molar-refractivity contribution < 1.29 is 9.90 Å². The minimum absolute atomic E-state index is 0.116. The van der Waals surface area contributed by atoms with Crippen molar-refractivity contribution in [3.05, 3.63) is 0 Å². The number of rotatable bonds is 4. The number of hydrogen-bond donors (Lipinski definition) is 3. The van der Waals surface area contributed by atoms with Gasteiger partial charge in [-0.05, 0) is 44.2 Å². The molecule has 0 aromatic rings. The largest absolute Gasteiger partial charge is 0.393 e. The molecule has 17 heavy (non-hydrogen) atoms. The van der Waals surface area contributed by atoms with Crippen molar-refractivity contribution in [2.24, 2.45) is 17.8 Å². The number of aliphatic hydroxyl groups excluding tert-OH is 1. The van der Waals surface area contributed by atoms with Gasteiger partial charge in [-0.25, -0.2) is 0 Å². The Hall–Kier alpha value is -0.610. The standard InChI is InChI=1S/C13H24N2O2/c1-9(11-7-14-8-11)13(17)15-6-10-3-2-4-12(16)5-10/h9-12,14,16H,2-8H2,1H3,(H,15,17). The molecule has 3 atom stereocenters. The minimum atomic E-state index is -0.154. The Kier molecular flexibility index (Phi) is 4.40. The summed E-state index contributed by atoms with van der Waals surface area (Å²) in [5.74, 6) is 1.27. The fourth-order valence-electron chi connectivity index (χ4n) is 2.73. The summed E-state index contributed by atoms with van der Waals surface area (Å²) in [6.07, 6.45) is 3.84. The summed E-state index contributed by atoms with van der Waals surface area (Å²) >= 11 is 0. The second-order valence-corrected chi connectivity index (χ2v) is 5.64. The molecule has 4 nitrogen and oxygen atoms in total. The van der Waals surface area contributed by atoms with Crippen LogP contribution in [0.25, 0.3) is 0 Å². The molecule has 2 rings (SSSR count). The van der Waals surface area contributed by atoms with E-state index in [-0.39, 0.29) is 17.9 Å². The third-order valence-corrected chi connectivity index (χ3v) is 4.25. The van der Waals surface area contributed by atoms with E-state index in [4.69, 9.17) is 0 Å². The van der Waals surface area contributed by atoms with Crippen LogP contribution < -0.4 is 10.6 Å². The smallest absolute Gasteiger partial charge is 0.223 e. The number of carbonyl (C=O) groups excluding carboxylic acids is 1. The molecule has 1 saturated carbocycles. The van der Waals surface area contributed by atoms with E-state index < -0.39 is 0 Å². The predicted molar refractivity (Wildman–Crippen MR) is 66.5 cm³/mol. The van der Waals surface area contributed by atoms with E-state index >= 15 is 0 Å². The van der Waals surface area contributed by atoms with Gasteiger partial charge >= 0.3 is 0 Å². The van der Waals surface area contributed by atoms with E-state index in [1.807, 2.05) is 6.92 Å². The lowest BCUT2D eigenvalue weighted by Crippen LogP contribution is -2.50. The number of amides is 1. The lowest BCUT2D eigenvalue weighted by molar-refractivity contribution is -0.127. The van der Waals surface area contributed by atoms with Gasteiger partial charge in [0.1, 0.15) is 0 Å². The van der Waals surface area contributed by atoms with Crippen LogP contribution in [0.4, 0.5) is 0 Å². The van der Waals surface area contributed by atoms with E-state index in [2.05, 4.69) is 10.6 Å². The first-order valence-electron chi connectivity index (χ1n) is 6.83. The molecule has 1 saturated heterocycles. The summed E-state index contributed by atoms with van der Waals surface area (Å²) in [5.41, 5.74) is 0. The molecule has 2 aliphatic rings.